The van der Waals surface area contributed by atoms with Gasteiger partial charge in [-0.05, 0) is 47.2 Å². The minimum atomic E-state index is -4.53. The van der Waals surface area contributed by atoms with Crippen molar-refractivity contribution in [2.24, 2.45) is 0 Å². The minimum absolute atomic E-state index is 0.0242. The molecular formula is C30H33F4N3O. The molecule has 0 spiro atoms. The Bertz CT molecular complexity index is 1440. The van der Waals surface area contributed by atoms with Gasteiger partial charge in [0.2, 0.25) is 0 Å². The molecule has 4 aromatic rings. The summed E-state index contributed by atoms with van der Waals surface area (Å²) in [7, 11) is 0. The second-order valence-corrected chi connectivity index (χ2v) is 11.0. The fourth-order valence-corrected chi connectivity index (χ4v) is 5.00. The molecule has 0 unspecified atom stereocenters. The van der Waals surface area contributed by atoms with Crippen LogP contribution < -0.4 is 0 Å². The lowest BCUT2D eigenvalue weighted by molar-refractivity contribution is -0.137. The third-order valence-electron chi connectivity index (χ3n) is 7.39. The molecule has 1 N–H and O–H groups in total. The molecule has 0 radical (unpaired) electrons. The van der Waals surface area contributed by atoms with Crippen LogP contribution in [0.15, 0.2) is 54.6 Å². The Morgan fingerprint density at radius 2 is 1.50 bits per heavy atom. The summed E-state index contributed by atoms with van der Waals surface area (Å²) >= 11 is 0. The predicted molar refractivity (Wildman–Crippen MR) is 141 cm³/mol. The maximum absolute atomic E-state index is 16.5. The van der Waals surface area contributed by atoms with E-state index < -0.39 is 28.4 Å². The number of fused-ring (bicyclic) bond motifs is 1. The first-order chi connectivity index (χ1) is 17.8. The van der Waals surface area contributed by atoms with Crippen LogP contribution in [-0.4, -0.2) is 20.1 Å². The van der Waals surface area contributed by atoms with Gasteiger partial charge in [0.05, 0.1) is 5.56 Å². The second kappa shape index (κ2) is 10.0. The molecule has 0 amide bonds. The first-order valence-corrected chi connectivity index (χ1v) is 12.8. The van der Waals surface area contributed by atoms with Crippen molar-refractivity contribution in [2.75, 3.05) is 0 Å². The van der Waals surface area contributed by atoms with Crippen molar-refractivity contribution in [1.29, 1.82) is 0 Å². The van der Waals surface area contributed by atoms with Gasteiger partial charge >= 0.3 is 6.18 Å². The number of alkyl halides is 3. The molecule has 0 saturated heterocycles. The molecule has 4 nitrogen and oxygen atoms in total. The maximum atomic E-state index is 16.5. The molecule has 0 aliphatic carbocycles. The molecule has 8 heteroatoms. The molecule has 1 aromatic heterocycles. The van der Waals surface area contributed by atoms with Crippen LogP contribution in [0.25, 0.3) is 16.7 Å². The van der Waals surface area contributed by atoms with Crippen LogP contribution in [0, 0.1) is 5.82 Å². The number of halogens is 4. The van der Waals surface area contributed by atoms with Crippen LogP contribution in [-0.2, 0) is 17.0 Å². The summed E-state index contributed by atoms with van der Waals surface area (Å²) in [6.07, 6.45) is -0.878. The SMILES string of the molecule is CCCCCC(C)(C)c1cc(-n2nc3ccc(C(F)(F)F)cc3n2)c(O)c(C(C)(C)c2ccccc2)c1F. The lowest BCUT2D eigenvalue weighted by Crippen LogP contribution is -2.26. The number of aromatic hydroxyl groups is 1. The number of phenols is 1. The van der Waals surface area contributed by atoms with Crippen LogP contribution in [0.2, 0.25) is 0 Å². The predicted octanol–water partition coefficient (Wildman–Crippen LogP) is 8.47. The number of unbranched alkanes of at least 4 members (excludes halogenated alkanes) is 2. The van der Waals surface area contributed by atoms with E-state index in [1.165, 1.54) is 12.1 Å². The highest BCUT2D eigenvalue weighted by Gasteiger charge is 2.37. The largest absolute Gasteiger partial charge is 0.505 e. The van der Waals surface area contributed by atoms with E-state index in [9.17, 15) is 18.3 Å². The number of phenolic OH excluding ortho intramolecular Hbond substituents is 1. The van der Waals surface area contributed by atoms with Gasteiger partial charge in [0.1, 0.15) is 28.3 Å². The lowest BCUT2D eigenvalue weighted by atomic mass is 9.72. The molecule has 202 valence electrons. The zero-order chi connectivity index (χ0) is 27.9. The summed E-state index contributed by atoms with van der Waals surface area (Å²) in [5.41, 5.74) is -0.692. The Morgan fingerprint density at radius 1 is 0.842 bits per heavy atom. The van der Waals surface area contributed by atoms with E-state index in [0.29, 0.717) is 5.56 Å². The number of aromatic nitrogens is 3. The van der Waals surface area contributed by atoms with E-state index in [-0.39, 0.29) is 28.0 Å². The maximum Gasteiger partial charge on any atom is 0.416 e. The molecule has 4 rings (SSSR count). The summed E-state index contributed by atoms with van der Waals surface area (Å²) in [6, 6.07) is 14.0. The van der Waals surface area contributed by atoms with Crippen molar-refractivity contribution in [2.45, 2.75) is 77.3 Å². The molecule has 0 atom stereocenters. The number of benzene rings is 3. The Kier molecular flexibility index (Phi) is 7.30. The fraction of sp³-hybridized carbons (Fsp3) is 0.400. The van der Waals surface area contributed by atoms with Crippen molar-refractivity contribution in [3.8, 4) is 11.4 Å². The summed E-state index contributed by atoms with van der Waals surface area (Å²) in [6.45, 7) is 9.69. The van der Waals surface area contributed by atoms with E-state index in [1.807, 2.05) is 58.0 Å². The van der Waals surface area contributed by atoms with E-state index in [0.717, 1.165) is 48.2 Å². The molecule has 0 bridgehead atoms. The van der Waals surface area contributed by atoms with Gasteiger partial charge in [-0.2, -0.15) is 13.2 Å². The first kappa shape index (κ1) is 27.6. The quantitative estimate of drug-likeness (QED) is 0.185. The van der Waals surface area contributed by atoms with Gasteiger partial charge in [-0.15, -0.1) is 15.0 Å². The van der Waals surface area contributed by atoms with Gasteiger partial charge in [-0.25, -0.2) is 4.39 Å². The lowest BCUT2D eigenvalue weighted by Gasteiger charge is -2.33. The number of rotatable bonds is 8. The topological polar surface area (TPSA) is 50.9 Å². The van der Waals surface area contributed by atoms with Gasteiger partial charge in [0.15, 0.2) is 0 Å². The Hall–Kier alpha value is -3.42. The molecule has 38 heavy (non-hydrogen) atoms. The zero-order valence-electron chi connectivity index (χ0n) is 22.3. The molecule has 0 fully saturated rings. The zero-order valence-corrected chi connectivity index (χ0v) is 22.3. The van der Waals surface area contributed by atoms with E-state index in [2.05, 4.69) is 17.1 Å². The van der Waals surface area contributed by atoms with Crippen LogP contribution >= 0.6 is 0 Å². The molecule has 0 saturated carbocycles. The molecule has 1 heterocycles. The second-order valence-electron chi connectivity index (χ2n) is 11.0. The third kappa shape index (κ3) is 5.13. The number of nitrogens with zero attached hydrogens (tertiary/aromatic N) is 3. The Labute approximate surface area is 220 Å². The minimum Gasteiger partial charge on any atom is -0.505 e. The van der Waals surface area contributed by atoms with E-state index in [1.54, 1.807) is 0 Å². The number of hydrogen-bond acceptors (Lipinski definition) is 3. The Morgan fingerprint density at radius 3 is 2.13 bits per heavy atom. The van der Waals surface area contributed by atoms with Gasteiger partial charge in [0.25, 0.3) is 0 Å². The van der Waals surface area contributed by atoms with Crippen LogP contribution in [0.1, 0.15) is 82.6 Å². The van der Waals surface area contributed by atoms with Crippen molar-refractivity contribution >= 4 is 11.0 Å². The highest BCUT2D eigenvalue weighted by atomic mass is 19.4. The Balaban J connectivity index is 1.97. The smallest absolute Gasteiger partial charge is 0.416 e. The fourth-order valence-electron chi connectivity index (χ4n) is 5.00. The molecular weight excluding hydrogens is 494 g/mol. The van der Waals surface area contributed by atoms with Gasteiger partial charge in [-0.1, -0.05) is 84.2 Å². The monoisotopic (exact) mass is 527 g/mol. The van der Waals surface area contributed by atoms with Gasteiger partial charge in [0, 0.05) is 11.0 Å². The molecule has 3 aromatic carbocycles. The van der Waals surface area contributed by atoms with Gasteiger partial charge < -0.3 is 5.11 Å². The van der Waals surface area contributed by atoms with Crippen LogP contribution in [0.3, 0.4) is 0 Å². The van der Waals surface area contributed by atoms with Crippen molar-refractivity contribution in [1.82, 2.24) is 15.0 Å². The van der Waals surface area contributed by atoms with E-state index in [4.69, 9.17) is 0 Å². The van der Waals surface area contributed by atoms with Gasteiger partial charge in [-0.3, -0.25) is 0 Å². The van der Waals surface area contributed by atoms with Crippen LogP contribution in [0.4, 0.5) is 17.6 Å². The van der Waals surface area contributed by atoms with Crippen molar-refractivity contribution < 1.29 is 22.7 Å². The molecule has 0 aliphatic rings. The summed E-state index contributed by atoms with van der Waals surface area (Å²) in [4.78, 5) is 1.11. The molecule has 0 aliphatic heterocycles. The standard InChI is InChI=1S/C30H33F4N3O/c1-6-7-11-16-28(2,3)21-18-24(37-35-22-15-14-20(30(32,33)34)17-23(22)36-37)27(38)25(26(21)31)29(4,5)19-12-9-8-10-13-19/h8-10,12-15,17-18,38H,6-7,11,16H2,1-5H3. The number of hydrogen-bond donors (Lipinski definition) is 1. The summed E-state index contributed by atoms with van der Waals surface area (Å²) in [5.74, 6) is -0.849. The average molecular weight is 528 g/mol. The summed E-state index contributed by atoms with van der Waals surface area (Å²) < 4.78 is 56.3. The van der Waals surface area contributed by atoms with Crippen molar-refractivity contribution in [3.63, 3.8) is 0 Å². The third-order valence-corrected chi connectivity index (χ3v) is 7.39. The first-order valence-electron chi connectivity index (χ1n) is 12.8. The summed E-state index contributed by atoms with van der Waals surface area (Å²) in [5, 5.41) is 20.1. The average Bonchev–Trinajstić information content (AvgIpc) is 3.27. The normalized spacial score (nSPS) is 12.9. The highest BCUT2D eigenvalue weighted by molar-refractivity contribution is 5.75. The van der Waals surface area contributed by atoms with E-state index >= 15 is 4.39 Å². The highest BCUT2D eigenvalue weighted by Crippen LogP contribution is 2.46. The van der Waals surface area contributed by atoms with Crippen molar-refractivity contribution in [3.05, 3.63) is 82.7 Å². The van der Waals surface area contributed by atoms with Crippen LogP contribution in [0.5, 0.6) is 5.75 Å².